The van der Waals surface area contributed by atoms with Crippen LogP contribution in [0.1, 0.15) is 40.7 Å². The first kappa shape index (κ1) is 26.5. The highest BCUT2D eigenvalue weighted by Crippen LogP contribution is 2.23. The van der Waals surface area contributed by atoms with E-state index in [1.165, 1.54) is 4.31 Å². The van der Waals surface area contributed by atoms with Crippen LogP contribution in [0.5, 0.6) is 0 Å². The van der Waals surface area contributed by atoms with Crippen molar-refractivity contribution in [3.05, 3.63) is 95.8 Å². The average Bonchev–Trinajstić information content (AvgIpc) is 2.93. The van der Waals surface area contributed by atoms with Crippen molar-refractivity contribution in [1.82, 2.24) is 14.6 Å². The number of sulfonamides is 1. The van der Waals surface area contributed by atoms with Gasteiger partial charge in [0.05, 0.1) is 22.9 Å². The molecule has 2 aromatic carbocycles. The first-order chi connectivity index (χ1) is 17.9. The van der Waals surface area contributed by atoms with Gasteiger partial charge in [0.1, 0.15) is 0 Å². The third-order valence-electron chi connectivity index (χ3n) is 6.46. The molecule has 1 aliphatic rings. The van der Waals surface area contributed by atoms with E-state index in [0.29, 0.717) is 50.0 Å². The molecule has 1 saturated heterocycles. The molecule has 3 aromatic rings. The summed E-state index contributed by atoms with van der Waals surface area (Å²) in [5, 5.41) is 5.71. The zero-order valence-corrected chi connectivity index (χ0v) is 21.5. The fraction of sp³-hybridized carbons (Fsp3) is 0.321. The molecule has 8 nitrogen and oxygen atoms in total. The maximum Gasteiger partial charge on any atom is 0.253 e. The number of nitrogens with one attached hydrogen (secondary N) is 2. The van der Waals surface area contributed by atoms with Gasteiger partial charge in [-0.1, -0.05) is 48.5 Å². The van der Waals surface area contributed by atoms with Crippen LogP contribution in [0.15, 0.2) is 79.1 Å². The van der Waals surface area contributed by atoms with E-state index < -0.39 is 15.9 Å². The summed E-state index contributed by atoms with van der Waals surface area (Å²) in [6.07, 6.45) is 5.77. The second kappa shape index (κ2) is 12.6. The lowest BCUT2D eigenvalue weighted by molar-refractivity contribution is -0.120. The van der Waals surface area contributed by atoms with Gasteiger partial charge in [0.2, 0.25) is 15.9 Å². The van der Waals surface area contributed by atoms with Crippen LogP contribution in [0.4, 0.5) is 5.69 Å². The first-order valence-electron chi connectivity index (χ1n) is 12.5. The van der Waals surface area contributed by atoms with Crippen molar-refractivity contribution in [1.29, 1.82) is 0 Å². The molecular weight excluding hydrogens is 488 g/mol. The molecule has 1 atom stereocenters. The second-order valence-electron chi connectivity index (χ2n) is 9.18. The fourth-order valence-corrected chi connectivity index (χ4v) is 6.03. The molecule has 2 N–H and O–H groups in total. The molecule has 1 aromatic heterocycles. The number of para-hydroxylation sites is 1. The number of anilines is 1. The minimum Gasteiger partial charge on any atom is -0.348 e. The predicted octanol–water partition coefficient (Wildman–Crippen LogP) is 3.62. The van der Waals surface area contributed by atoms with E-state index in [0.717, 1.165) is 11.1 Å². The van der Waals surface area contributed by atoms with Crippen molar-refractivity contribution < 1.29 is 18.0 Å². The smallest absolute Gasteiger partial charge is 0.253 e. The number of amides is 2. The third kappa shape index (κ3) is 7.47. The number of hydrogen-bond acceptors (Lipinski definition) is 5. The van der Waals surface area contributed by atoms with Crippen molar-refractivity contribution >= 4 is 27.5 Å². The Labute approximate surface area is 218 Å². The number of aryl methyl sites for hydroxylation is 1. The Morgan fingerprint density at radius 2 is 1.73 bits per heavy atom. The Morgan fingerprint density at radius 3 is 2.51 bits per heavy atom. The van der Waals surface area contributed by atoms with Gasteiger partial charge in [-0.25, -0.2) is 12.7 Å². The largest absolute Gasteiger partial charge is 0.348 e. The van der Waals surface area contributed by atoms with Gasteiger partial charge in [0.25, 0.3) is 5.91 Å². The standard InChI is InChI=1S/C28H32N4O4S/c33-27(31-26-15-5-4-14-25(26)28(34)30-20-23-11-6-16-29-19-23)24-13-7-17-32(21-24)37(35,36)18-8-12-22-9-2-1-3-10-22/h1-6,9-11,14-16,19,24H,7-8,12-13,17-18,20-21H2,(H,30,34)(H,31,33). The summed E-state index contributed by atoms with van der Waals surface area (Å²) in [5.41, 5.74) is 2.72. The molecule has 194 valence electrons. The summed E-state index contributed by atoms with van der Waals surface area (Å²) < 4.78 is 27.4. The van der Waals surface area contributed by atoms with Crippen LogP contribution < -0.4 is 10.6 Å². The number of benzene rings is 2. The maximum absolute atomic E-state index is 13.1. The number of carbonyl (C=O) groups excluding carboxylic acids is 2. The summed E-state index contributed by atoms with van der Waals surface area (Å²) in [6.45, 7) is 0.883. The molecule has 4 rings (SSSR count). The Hall–Kier alpha value is -3.56. The molecule has 9 heteroatoms. The number of pyridine rings is 1. The highest BCUT2D eigenvalue weighted by molar-refractivity contribution is 7.89. The molecule has 2 amide bonds. The fourth-order valence-electron chi connectivity index (χ4n) is 4.45. The average molecular weight is 521 g/mol. The van der Waals surface area contributed by atoms with E-state index in [9.17, 15) is 18.0 Å². The lowest BCUT2D eigenvalue weighted by Gasteiger charge is -2.31. The zero-order chi connectivity index (χ0) is 26.1. The van der Waals surface area contributed by atoms with Gasteiger partial charge in [0, 0.05) is 32.0 Å². The number of carbonyl (C=O) groups is 2. The van der Waals surface area contributed by atoms with Gasteiger partial charge >= 0.3 is 0 Å². The van der Waals surface area contributed by atoms with Crippen LogP contribution in [0.3, 0.4) is 0 Å². The number of nitrogens with zero attached hydrogens (tertiary/aromatic N) is 2. The minimum atomic E-state index is -3.46. The lowest BCUT2D eigenvalue weighted by Crippen LogP contribution is -2.44. The van der Waals surface area contributed by atoms with E-state index in [1.54, 1.807) is 42.7 Å². The van der Waals surface area contributed by atoms with Crippen LogP contribution in [0.2, 0.25) is 0 Å². The van der Waals surface area contributed by atoms with Gasteiger partial charge in [-0.3, -0.25) is 14.6 Å². The monoisotopic (exact) mass is 520 g/mol. The SMILES string of the molecule is O=C(NCc1cccnc1)c1ccccc1NC(=O)C1CCCN(S(=O)(=O)CCCc2ccccc2)C1. The second-order valence-corrected chi connectivity index (χ2v) is 11.3. The summed E-state index contributed by atoms with van der Waals surface area (Å²) in [6, 6.07) is 20.3. The third-order valence-corrected chi connectivity index (χ3v) is 8.39. The highest BCUT2D eigenvalue weighted by atomic mass is 32.2. The van der Waals surface area contributed by atoms with Gasteiger partial charge in [0.15, 0.2) is 0 Å². The molecule has 37 heavy (non-hydrogen) atoms. The Balaban J connectivity index is 1.34. The van der Waals surface area contributed by atoms with Crippen LogP contribution in [-0.2, 0) is 27.8 Å². The van der Waals surface area contributed by atoms with E-state index >= 15 is 0 Å². The number of rotatable bonds is 10. The van der Waals surface area contributed by atoms with Gasteiger partial charge in [-0.15, -0.1) is 0 Å². The van der Waals surface area contributed by atoms with Crippen LogP contribution >= 0.6 is 0 Å². The Kier molecular flexibility index (Phi) is 9.03. The van der Waals surface area contributed by atoms with Crippen LogP contribution in [0.25, 0.3) is 0 Å². The van der Waals surface area contributed by atoms with Crippen molar-refractivity contribution in [3.8, 4) is 0 Å². The molecule has 1 fully saturated rings. The van der Waals surface area contributed by atoms with Crippen molar-refractivity contribution in [3.63, 3.8) is 0 Å². The topological polar surface area (TPSA) is 108 Å². The van der Waals surface area contributed by atoms with E-state index in [1.807, 2.05) is 36.4 Å². The normalized spacial score (nSPS) is 16.2. The van der Waals surface area contributed by atoms with E-state index in [2.05, 4.69) is 15.6 Å². The molecule has 2 heterocycles. The highest BCUT2D eigenvalue weighted by Gasteiger charge is 2.32. The lowest BCUT2D eigenvalue weighted by atomic mass is 9.98. The number of aromatic nitrogens is 1. The van der Waals surface area contributed by atoms with Gasteiger partial charge in [-0.2, -0.15) is 0 Å². The Morgan fingerprint density at radius 1 is 0.973 bits per heavy atom. The van der Waals surface area contributed by atoms with Crippen molar-refractivity contribution in [2.45, 2.75) is 32.2 Å². The minimum absolute atomic E-state index is 0.0518. The summed E-state index contributed by atoms with van der Waals surface area (Å²) in [5.74, 6) is -1.03. The summed E-state index contributed by atoms with van der Waals surface area (Å²) in [4.78, 5) is 30.0. The number of hydrogen-bond donors (Lipinski definition) is 2. The zero-order valence-electron chi connectivity index (χ0n) is 20.7. The molecule has 0 spiro atoms. The molecule has 0 aliphatic carbocycles. The molecule has 0 radical (unpaired) electrons. The van der Waals surface area contributed by atoms with Crippen LogP contribution in [-0.4, -0.2) is 48.4 Å². The summed E-state index contributed by atoms with van der Waals surface area (Å²) in [7, 11) is -3.46. The van der Waals surface area contributed by atoms with Crippen molar-refractivity contribution in [2.24, 2.45) is 5.92 Å². The van der Waals surface area contributed by atoms with Crippen molar-refractivity contribution in [2.75, 3.05) is 24.2 Å². The summed E-state index contributed by atoms with van der Waals surface area (Å²) >= 11 is 0. The molecule has 0 bridgehead atoms. The quantitative estimate of drug-likeness (QED) is 0.424. The number of piperidine rings is 1. The molecular formula is C28H32N4O4S. The van der Waals surface area contributed by atoms with Crippen LogP contribution in [0, 0.1) is 5.92 Å². The van der Waals surface area contributed by atoms with Gasteiger partial charge < -0.3 is 10.6 Å². The molecule has 0 saturated carbocycles. The molecule has 1 aliphatic heterocycles. The first-order valence-corrected chi connectivity index (χ1v) is 14.1. The van der Waals surface area contributed by atoms with Gasteiger partial charge in [-0.05, 0) is 55.0 Å². The Bertz CT molecular complexity index is 1300. The predicted molar refractivity (Wildman–Crippen MR) is 143 cm³/mol. The molecule has 1 unspecified atom stereocenters. The van der Waals surface area contributed by atoms with E-state index in [-0.39, 0.29) is 24.1 Å². The van der Waals surface area contributed by atoms with E-state index in [4.69, 9.17) is 0 Å². The maximum atomic E-state index is 13.1.